The lowest BCUT2D eigenvalue weighted by Gasteiger charge is -2.17. The Balaban J connectivity index is 1.72. The van der Waals surface area contributed by atoms with E-state index in [9.17, 15) is 14.7 Å². The summed E-state index contributed by atoms with van der Waals surface area (Å²) in [7, 11) is 1.29. The summed E-state index contributed by atoms with van der Waals surface area (Å²) < 4.78 is 4.84. The minimum atomic E-state index is -0.811. The quantitative estimate of drug-likeness (QED) is 0.646. The van der Waals surface area contributed by atoms with Gasteiger partial charge in [-0.3, -0.25) is 4.79 Å². The summed E-state index contributed by atoms with van der Waals surface area (Å²) in [5, 5.41) is 12.0. The van der Waals surface area contributed by atoms with E-state index in [4.69, 9.17) is 4.74 Å². The second-order valence-corrected chi connectivity index (χ2v) is 6.36. The molecule has 28 heavy (non-hydrogen) atoms. The highest BCUT2D eigenvalue weighted by Crippen LogP contribution is 2.20. The van der Waals surface area contributed by atoms with Gasteiger partial charge in [-0.05, 0) is 41.0 Å². The van der Waals surface area contributed by atoms with Gasteiger partial charge in [0, 0.05) is 12.0 Å². The van der Waals surface area contributed by atoms with E-state index < -0.39 is 17.9 Å². The van der Waals surface area contributed by atoms with Crippen LogP contribution in [0.5, 0.6) is 5.75 Å². The Morgan fingerprint density at radius 1 is 0.893 bits per heavy atom. The minimum absolute atomic E-state index is 0.0690. The summed E-state index contributed by atoms with van der Waals surface area (Å²) in [6.45, 7) is 0. The molecule has 3 rings (SSSR count). The topological polar surface area (TPSA) is 75.6 Å². The molecule has 0 bridgehead atoms. The number of hydrogen-bond donors (Lipinski definition) is 2. The first kappa shape index (κ1) is 19.2. The third-order valence-corrected chi connectivity index (χ3v) is 4.42. The standard InChI is InChI=1S/C23H21NO4/c1-28-23(27)21(24-22(26)19-11-13-20(25)14-12-19)15-16-7-9-18(10-8-16)17-5-3-2-4-6-17/h2-14,21,25H,15H2,1H3,(H,24,26)/t21-/m1/s1. The monoisotopic (exact) mass is 375 g/mol. The molecule has 0 aromatic heterocycles. The number of esters is 1. The number of carbonyl (C=O) groups is 2. The average Bonchev–Trinajstić information content (AvgIpc) is 2.74. The fourth-order valence-electron chi connectivity index (χ4n) is 2.89. The maximum Gasteiger partial charge on any atom is 0.328 e. The molecule has 0 saturated heterocycles. The Hall–Kier alpha value is -3.60. The number of amides is 1. The van der Waals surface area contributed by atoms with E-state index in [0.717, 1.165) is 16.7 Å². The van der Waals surface area contributed by atoms with Gasteiger partial charge in [-0.2, -0.15) is 0 Å². The van der Waals surface area contributed by atoms with Gasteiger partial charge < -0.3 is 15.2 Å². The number of carbonyl (C=O) groups excluding carboxylic acids is 2. The second kappa shape index (κ2) is 8.86. The summed E-state index contributed by atoms with van der Waals surface area (Å²) in [4.78, 5) is 24.6. The van der Waals surface area contributed by atoms with Crippen LogP contribution >= 0.6 is 0 Å². The molecule has 0 aliphatic rings. The molecule has 0 fully saturated rings. The lowest BCUT2D eigenvalue weighted by Crippen LogP contribution is -2.43. The molecule has 0 heterocycles. The van der Waals surface area contributed by atoms with Gasteiger partial charge in [-0.25, -0.2) is 4.79 Å². The molecule has 1 atom stereocenters. The maximum atomic E-state index is 12.4. The van der Waals surface area contributed by atoms with Gasteiger partial charge in [0.2, 0.25) is 0 Å². The fourth-order valence-corrected chi connectivity index (χ4v) is 2.89. The number of ether oxygens (including phenoxy) is 1. The van der Waals surface area contributed by atoms with E-state index in [1.165, 1.54) is 31.4 Å². The van der Waals surface area contributed by atoms with Gasteiger partial charge in [0.05, 0.1) is 7.11 Å². The van der Waals surface area contributed by atoms with E-state index in [-0.39, 0.29) is 5.75 Å². The number of aromatic hydroxyl groups is 1. The Labute approximate surface area is 163 Å². The van der Waals surface area contributed by atoms with Crippen molar-refractivity contribution in [2.24, 2.45) is 0 Å². The molecule has 5 nitrogen and oxygen atoms in total. The lowest BCUT2D eigenvalue weighted by atomic mass is 10.0. The molecule has 2 N–H and O–H groups in total. The van der Waals surface area contributed by atoms with Crippen molar-refractivity contribution in [1.82, 2.24) is 5.32 Å². The van der Waals surface area contributed by atoms with E-state index in [1.54, 1.807) is 0 Å². The van der Waals surface area contributed by atoms with Gasteiger partial charge in [0.25, 0.3) is 5.91 Å². The van der Waals surface area contributed by atoms with Crippen molar-refractivity contribution in [2.75, 3.05) is 7.11 Å². The van der Waals surface area contributed by atoms with Crippen molar-refractivity contribution in [3.63, 3.8) is 0 Å². The van der Waals surface area contributed by atoms with Crippen LogP contribution in [0.25, 0.3) is 11.1 Å². The van der Waals surface area contributed by atoms with Crippen molar-refractivity contribution in [1.29, 1.82) is 0 Å². The van der Waals surface area contributed by atoms with Gasteiger partial charge in [0.15, 0.2) is 0 Å². The van der Waals surface area contributed by atoms with Crippen LogP contribution in [0.15, 0.2) is 78.9 Å². The third-order valence-electron chi connectivity index (χ3n) is 4.42. The summed E-state index contributed by atoms with van der Waals surface area (Å²) >= 11 is 0. The Kier molecular flexibility index (Phi) is 6.07. The Morgan fingerprint density at radius 2 is 1.50 bits per heavy atom. The molecular weight excluding hydrogens is 354 g/mol. The molecule has 0 aliphatic heterocycles. The second-order valence-electron chi connectivity index (χ2n) is 6.36. The van der Waals surface area contributed by atoms with Crippen molar-refractivity contribution in [3.05, 3.63) is 90.0 Å². The first-order chi connectivity index (χ1) is 13.6. The SMILES string of the molecule is COC(=O)[C@@H](Cc1ccc(-c2ccccc2)cc1)NC(=O)c1ccc(O)cc1. The van der Waals surface area contributed by atoms with Crippen LogP contribution in [0, 0.1) is 0 Å². The molecule has 1 amide bonds. The molecule has 142 valence electrons. The third kappa shape index (κ3) is 4.76. The largest absolute Gasteiger partial charge is 0.508 e. The van der Waals surface area contributed by atoms with Crippen LogP contribution in [-0.2, 0) is 16.0 Å². The Bertz CT molecular complexity index is 935. The van der Waals surface area contributed by atoms with Gasteiger partial charge >= 0.3 is 5.97 Å². The van der Waals surface area contributed by atoms with Crippen molar-refractivity contribution in [2.45, 2.75) is 12.5 Å². The van der Waals surface area contributed by atoms with E-state index >= 15 is 0 Å². The fraction of sp³-hybridized carbons (Fsp3) is 0.130. The van der Waals surface area contributed by atoms with Crippen molar-refractivity contribution < 1.29 is 19.4 Å². The summed E-state index contributed by atoms with van der Waals surface area (Å²) in [5.74, 6) is -0.852. The molecule has 0 unspecified atom stereocenters. The van der Waals surface area contributed by atoms with Crippen LogP contribution in [0.4, 0.5) is 0 Å². The zero-order chi connectivity index (χ0) is 19.9. The number of rotatable bonds is 6. The number of benzene rings is 3. The predicted molar refractivity (Wildman–Crippen MR) is 107 cm³/mol. The first-order valence-corrected chi connectivity index (χ1v) is 8.89. The molecule has 3 aromatic carbocycles. The molecule has 5 heteroatoms. The summed E-state index contributed by atoms with van der Waals surface area (Å²) in [5.41, 5.74) is 3.44. The number of hydrogen-bond acceptors (Lipinski definition) is 4. The number of phenolic OH excluding ortho intramolecular Hbond substituents is 1. The summed E-state index contributed by atoms with van der Waals surface area (Å²) in [6, 6.07) is 22.9. The molecular formula is C23H21NO4. The highest BCUT2D eigenvalue weighted by atomic mass is 16.5. The molecule has 3 aromatic rings. The maximum absolute atomic E-state index is 12.4. The lowest BCUT2D eigenvalue weighted by molar-refractivity contribution is -0.142. The van der Waals surface area contributed by atoms with E-state index in [0.29, 0.717) is 12.0 Å². The van der Waals surface area contributed by atoms with E-state index in [2.05, 4.69) is 5.32 Å². The van der Waals surface area contributed by atoms with Crippen LogP contribution in [0.3, 0.4) is 0 Å². The van der Waals surface area contributed by atoms with Gasteiger partial charge in [0.1, 0.15) is 11.8 Å². The first-order valence-electron chi connectivity index (χ1n) is 8.89. The zero-order valence-electron chi connectivity index (χ0n) is 15.5. The van der Waals surface area contributed by atoms with Crippen molar-refractivity contribution >= 4 is 11.9 Å². The molecule has 0 spiro atoms. The zero-order valence-corrected chi connectivity index (χ0v) is 15.5. The summed E-state index contributed by atoms with van der Waals surface area (Å²) in [6.07, 6.45) is 0.311. The van der Waals surface area contributed by atoms with Crippen molar-refractivity contribution in [3.8, 4) is 16.9 Å². The molecule has 0 radical (unpaired) electrons. The van der Waals surface area contributed by atoms with Crippen LogP contribution < -0.4 is 5.32 Å². The minimum Gasteiger partial charge on any atom is -0.508 e. The number of phenols is 1. The van der Waals surface area contributed by atoms with Crippen LogP contribution in [0.1, 0.15) is 15.9 Å². The normalized spacial score (nSPS) is 11.5. The van der Waals surface area contributed by atoms with Gasteiger partial charge in [-0.1, -0.05) is 54.6 Å². The smallest absolute Gasteiger partial charge is 0.328 e. The highest BCUT2D eigenvalue weighted by molar-refractivity contribution is 5.96. The number of nitrogens with one attached hydrogen (secondary N) is 1. The molecule has 0 saturated carbocycles. The number of methoxy groups -OCH3 is 1. The van der Waals surface area contributed by atoms with Gasteiger partial charge in [-0.15, -0.1) is 0 Å². The van der Waals surface area contributed by atoms with E-state index in [1.807, 2.05) is 54.6 Å². The van der Waals surface area contributed by atoms with Crippen LogP contribution in [0.2, 0.25) is 0 Å². The Morgan fingerprint density at radius 3 is 2.11 bits per heavy atom. The average molecular weight is 375 g/mol. The predicted octanol–water partition coefficient (Wildman–Crippen LogP) is 3.57. The van der Waals surface area contributed by atoms with Crippen LogP contribution in [-0.4, -0.2) is 30.1 Å². The highest BCUT2D eigenvalue weighted by Gasteiger charge is 2.22. The molecule has 0 aliphatic carbocycles.